The van der Waals surface area contributed by atoms with E-state index in [1.54, 1.807) is 6.07 Å². The van der Waals surface area contributed by atoms with Crippen molar-refractivity contribution < 1.29 is 4.74 Å². The van der Waals surface area contributed by atoms with Gasteiger partial charge in [-0.15, -0.1) is 6.42 Å². The van der Waals surface area contributed by atoms with Gasteiger partial charge in [0.15, 0.2) is 0 Å². The Morgan fingerprint density at radius 3 is 2.92 bits per heavy atom. The number of rotatable bonds is 3. The predicted octanol–water partition coefficient (Wildman–Crippen LogP) is 1.81. The van der Waals surface area contributed by atoms with Crippen LogP contribution in [-0.4, -0.2) is 6.61 Å². The van der Waals surface area contributed by atoms with Crippen molar-refractivity contribution in [2.75, 3.05) is 6.61 Å². The monoisotopic (exact) mass is 195 g/mol. The Balaban J connectivity index is 2.95. The number of nitrogens with two attached hydrogens (primary N) is 1. The third-order valence-electron chi connectivity index (χ3n) is 1.57. The molecule has 0 bridgehead atoms. The molecule has 0 unspecified atom stereocenters. The fraction of sp³-hybridized carbons (Fsp3) is 0.200. The van der Waals surface area contributed by atoms with Crippen LogP contribution in [0.5, 0.6) is 5.75 Å². The first-order valence-electron chi connectivity index (χ1n) is 3.83. The van der Waals surface area contributed by atoms with Crippen LogP contribution in [0.3, 0.4) is 0 Å². The van der Waals surface area contributed by atoms with Crippen molar-refractivity contribution in [3.63, 3.8) is 0 Å². The van der Waals surface area contributed by atoms with Crippen molar-refractivity contribution in [1.29, 1.82) is 0 Å². The van der Waals surface area contributed by atoms with Crippen molar-refractivity contribution in [3.8, 4) is 18.1 Å². The number of halogens is 1. The van der Waals surface area contributed by atoms with E-state index in [1.807, 2.05) is 12.1 Å². The molecule has 0 aliphatic rings. The average molecular weight is 196 g/mol. The highest BCUT2D eigenvalue weighted by atomic mass is 35.5. The number of ether oxygens (including phenoxy) is 1. The molecule has 0 aliphatic heterocycles. The van der Waals surface area contributed by atoms with E-state index in [-0.39, 0.29) is 6.61 Å². The number of terminal acetylenes is 1. The second-order valence-electron chi connectivity index (χ2n) is 2.43. The Morgan fingerprint density at radius 2 is 2.31 bits per heavy atom. The van der Waals surface area contributed by atoms with Gasteiger partial charge in [-0.1, -0.05) is 29.7 Å². The Kier molecular flexibility index (Phi) is 3.63. The van der Waals surface area contributed by atoms with Crippen molar-refractivity contribution >= 4 is 11.6 Å². The molecule has 1 rings (SSSR count). The molecule has 2 N–H and O–H groups in total. The fourth-order valence-electron chi connectivity index (χ4n) is 0.990. The molecule has 0 radical (unpaired) electrons. The Bertz CT molecular complexity index is 330. The van der Waals surface area contributed by atoms with Gasteiger partial charge < -0.3 is 10.5 Å². The van der Waals surface area contributed by atoms with Gasteiger partial charge in [0.05, 0.1) is 5.02 Å². The number of para-hydroxylation sites is 1. The summed E-state index contributed by atoms with van der Waals surface area (Å²) in [5, 5.41) is 0.540. The van der Waals surface area contributed by atoms with Crippen molar-refractivity contribution in [2.24, 2.45) is 5.73 Å². The molecule has 0 saturated carbocycles. The van der Waals surface area contributed by atoms with Gasteiger partial charge in [-0.2, -0.15) is 0 Å². The van der Waals surface area contributed by atoms with E-state index in [0.29, 0.717) is 17.3 Å². The van der Waals surface area contributed by atoms with Crippen LogP contribution >= 0.6 is 11.6 Å². The van der Waals surface area contributed by atoms with E-state index < -0.39 is 0 Å². The van der Waals surface area contributed by atoms with E-state index >= 15 is 0 Å². The molecule has 0 aliphatic carbocycles. The van der Waals surface area contributed by atoms with E-state index in [0.717, 1.165) is 5.56 Å². The molecule has 68 valence electrons. The normalized spacial score (nSPS) is 9.31. The third-order valence-corrected chi connectivity index (χ3v) is 1.87. The topological polar surface area (TPSA) is 35.2 Å². The van der Waals surface area contributed by atoms with E-state index in [1.165, 1.54) is 0 Å². The average Bonchev–Trinajstić information content (AvgIpc) is 2.15. The molecule has 0 amide bonds. The van der Waals surface area contributed by atoms with Crippen LogP contribution in [0.1, 0.15) is 5.56 Å². The highest BCUT2D eigenvalue weighted by Gasteiger charge is 2.05. The van der Waals surface area contributed by atoms with Gasteiger partial charge in [0, 0.05) is 12.1 Å². The van der Waals surface area contributed by atoms with Crippen LogP contribution in [0.15, 0.2) is 18.2 Å². The van der Waals surface area contributed by atoms with Gasteiger partial charge in [-0.3, -0.25) is 0 Å². The van der Waals surface area contributed by atoms with Gasteiger partial charge >= 0.3 is 0 Å². The second-order valence-corrected chi connectivity index (χ2v) is 2.83. The zero-order valence-corrected chi connectivity index (χ0v) is 7.84. The summed E-state index contributed by atoms with van der Waals surface area (Å²) in [6.07, 6.45) is 5.07. The first kappa shape index (κ1) is 9.91. The van der Waals surface area contributed by atoms with E-state index in [9.17, 15) is 0 Å². The van der Waals surface area contributed by atoms with Gasteiger partial charge in [0.2, 0.25) is 0 Å². The lowest BCUT2D eigenvalue weighted by atomic mass is 10.2. The number of hydrogen-bond donors (Lipinski definition) is 1. The summed E-state index contributed by atoms with van der Waals surface area (Å²) >= 11 is 5.89. The highest BCUT2D eigenvalue weighted by Crippen LogP contribution is 2.28. The molecular formula is C10H10ClNO. The van der Waals surface area contributed by atoms with Gasteiger partial charge in [-0.25, -0.2) is 0 Å². The van der Waals surface area contributed by atoms with Crippen LogP contribution in [0.2, 0.25) is 5.02 Å². The first-order chi connectivity index (χ1) is 6.29. The second kappa shape index (κ2) is 4.76. The molecule has 1 aromatic rings. The maximum absolute atomic E-state index is 5.89. The molecule has 2 nitrogen and oxygen atoms in total. The number of hydrogen-bond acceptors (Lipinski definition) is 2. The summed E-state index contributed by atoms with van der Waals surface area (Å²) in [6, 6.07) is 5.43. The lowest BCUT2D eigenvalue weighted by molar-refractivity contribution is 0.366. The maximum atomic E-state index is 5.89. The van der Waals surface area contributed by atoms with Crippen molar-refractivity contribution in [3.05, 3.63) is 28.8 Å². The minimum absolute atomic E-state index is 0.205. The van der Waals surface area contributed by atoms with E-state index in [2.05, 4.69) is 5.92 Å². The largest absolute Gasteiger partial charge is 0.479 e. The van der Waals surface area contributed by atoms with Crippen LogP contribution in [0.25, 0.3) is 0 Å². The number of benzene rings is 1. The molecule has 0 heterocycles. The SMILES string of the molecule is C#CCOc1c(Cl)cccc1CN. The highest BCUT2D eigenvalue weighted by molar-refractivity contribution is 6.32. The van der Waals surface area contributed by atoms with Crippen LogP contribution in [0, 0.1) is 12.3 Å². The summed E-state index contributed by atoms with van der Waals surface area (Å²) in [5.41, 5.74) is 6.36. The Labute approximate surface area is 82.6 Å². The molecule has 0 atom stereocenters. The quantitative estimate of drug-likeness (QED) is 0.747. The molecule has 0 spiro atoms. The Morgan fingerprint density at radius 1 is 1.54 bits per heavy atom. The van der Waals surface area contributed by atoms with E-state index in [4.69, 9.17) is 28.5 Å². The maximum Gasteiger partial charge on any atom is 0.148 e. The van der Waals surface area contributed by atoms with Gasteiger partial charge in [0.25, 0.3) is 0 Å². The molecule has 3 heteroatoms. The van der Waals surface area contributed by atoms with Crippen LogP contribution in [0.4, 0.5) is 0 Å². The predicted molar refractivity (Wildman–Crippen MR) is 53.7 cm³/mol. The van der Waals surface area contributed by atoms with Crippen molar-refractivity contribution in [2.45, 2.75) is 6.54 Å². The standard InChI is InChI=1S/C10H10ClNO/c1-2-6-13-10-8(7-12)4-3-5-9(10)11/h1,3-5H,6-7,12H2. The molecule has 0 saturated heterocycles. The van der Waals surface area contributed by atoms with Crippen molar-refractivity contribution in [1.82, 2.24) is 0 Å². The molecule has 13 heavy (non-hydrogen) atoms. The zero-order valence-electron chi connectivity index (χ0n) is 7.09. The fourth-order valence-corrected chi connectivity index (χ4v) is 1.24. The molecule has 0 aromatic heterocycles. The molecule has 0 fully saturated rings. The van der Waals surface area contributed by atoms with Crippen LogP contribution in [-0.2, 0) is 6.54 Å². The first-order valence-corrected chi connectivity index (χ1v) is 4.21. The zero-order chi connectivity index (χ0) is 9.68. The lowest BCUT2D eigenvalue weighted by Gasteiger charge is -2.09. The Hall–Kier alpha value is -1.17. The van der Waals surface area contributed by atoms with Crippen LogP contribution < -0.4 is 10.5 Å². The molecular weight excluding hydrogens is 186 g/mol. The minimum Gasteiger partial charge on any atom is -0.479 e. The molecule has 1 aromatic carbocycles. The summed E-state index contributed by atoms with van der Waals surface area (Å²) in [4.78, 5) is 0. The summed E-state index contributed by atoms with van der Waals surface area (Å²) in [7, 11) is 0. The summed E-state index contributed by atoms with van der Waals surface area (Å²) < 4.78 is 5.26. The summed E-state index contributed by atoms with van der Waals surface area (Å²) in [6.45, 7) is 0.594. The minimum atomic E-state index is 0.205. The third kappa shape index (κ3) is 2.38. The summed E-state index contributed by atoms with van der Waals surface area (Å²) in [5.74, 6) is 2.96. The smallest absolute Gasteiger partial charge is 0.148 e. The lowest BCUT2D eigenvalue weighted by Crippen LogP contribution is -2.02. The van der Waals surface area contributed by atoms with Gasteiger partial charge in [0.1, 0.15) is 12.4 Å². The van der Waals surface area contributed by atoms with Gasteiger partial charge in [-0.05, 0) is 6.07 Å².